The van der Waals surface area contributed by atoms with Crippen molar-refractivity contribution in [3.8, 4) is 5.75 Å². The minimum absolute atomic E-state index is 0.0884. The molecule has 1 aromatic heterocycles. The summed E-state index contributed by atoms with van der Waals surface area (Å²) in [6, 6.07) is 11.0. The molecule has 0 radical (unpaired) electrons. The number of fused-ring (bicyclic) bond motifs is 1. The molecular weight excluding hydrogens is 372 g/mol. The Kier molecular flexibility index (Phi) is 6.16. The lowest BCUT2D eigenvalue weighted by Crippen LogP contribution is -2.34. The van der Waals surface area contributed by atoms with Crippen molar-refractivity contribution in [2.24, 2.45) is 0 Å². The molecule has 7 nitrogen and oxygen atoms in total. The Morgan fingerprint density at radius 2 is 1.86 bits per heavy atom. The van der Waals surface area contributed by atoms with Gasteiger partial charge >= 0.3 is 5.97 Å². The van der Waals surface area contributed by atoms with Crippen LogP contribution in [-0.4, -0.2) is 30.2 Å². The zero-order chi connectivity index (χ0) is 21.0. The molecule has 3 rings (SSSR count). The van der Waals surface area contributed by atoms with E-state index in [0.29, 0.717) is 17.1 Å². The largest absolute Gasteiger partial charge is 0.488 e. The van der Waals surface area contributed by atoms with Gasteiger partial charge in [0.05, 0.1) is 30.4 Å². The van der Waals surface area contributed by atoms with Gasteiger partial charge in [0, 0.05) is 6.04 Å². The Bertz CT molecular complexity index is 1020. The van der Waals surface area contributed by atoms with Crippen molar-refractivity contribution >= 4 is 22.6 Å². The maximum absolute atomic E-state index is 12.9. The van der Waals surface area contributed by atoms with E-state index in [2.05, 4.69) is 15.2 Å². The van der Waals surface area contributed by atoms with E-state index in [4.69, 9.17) is 9.26 Å². The smallest absolute Gasteiger partial charge is 0.307 e. The van der Waals surface area contributed by atoms with Gasteiger partial charge in [-0.2, -0.15) is 0 Å². The maximum Gasteiger partial charge on any atom is 0.307 e. The molecule has 3 aromatic rings. The quantitative estimate of drug-likeness (QED) is 0.612. The van der Waals surface area contributed by atoms with Crippen molar-refractivity contribution in [1.29, 1.82) is 0 Å². The van der Waals surface area contributed by atoms with Crippen LogP contribution in [0.2, 0.25) is 0 Å². The molecule has 1 atom stereocenters. The molecule has 0 saturated heterocycles. The zero-order valence-corrected chi connectivity index (χ0v) is 16.9. The van der Waals surface area contributed by atoms with Gasteiger partial charge in [-0.25, -0.2) is 0 Å². The summed E-state index contributed by atoms with van der Waals surface area (Å²) in [6.45, 7) is 5.65. The number of rotatable bonds is 7. The molecule has 0 bridgehead atoms. The first kappa shape index (κ1) is 20.4. The second-order valence-corrected chi connectivity index (χ2v) is 6.94. The lowest BCUT2D eigenvalue weighted by molar-refractivity contribution is -0.141. The van der Waals surface area contributed by atoms with Gasteiger partial charge in [-0.1, -0.05) is 29.4 Å². The first-order chi connectivity index (χ1) is 13.9. The molecule has 7 heteroatoms. The summed E-state index contributed by atoms with van der Waals surface area (Å²) in [5.41, 5.74) is 2.00. The van der Waals surface area contributed by atoms with E-state index < -0.39 is 0 Å². The van der Waals surface area contributed by atoms with Gasteiger partial charge in [-0.05, 0) is 43.7 Å². The summed E-state index contributed by atoms with van der Waals surface area (Å²) in [4.78, 5) is 24.4. The molecule has 0 spiro atoms. The molecule has 152 valence electrons. The second-order valence-electron chi connectivity index (χ2n) is 6.94. The first-order valence-electron chi connectivity index (χ1n) is 9.34. The molecule has 0 fully saturated rings. The SMILES string of the molecule is COC(=O)CC(C)NC(=O)c1cc2ccccc2cc1OCc1c(C)noc1C. The fourth-order valence-corrected chi connectivity index (χ4v) is 3.06. The van der Waals surface area contributed by atoms with Crippen molar-refractivity contribution in [3.63, 3.8) is 0 Å². The van der Waals surface area contributed by atoms with Crippen molar-refractivity contribution in [3.05, 3.63) is 59.0 Å². The molecule has 1 heterocycles. The van der Waals surface area contributed by atoms with E-state index >= 15 is 0 Å². The summed E-state index contributed by atoms with van der Waals surface area (Å²) < 4.78 is 15.8. The second kappa shape index (κ2) is 8.77. The number of carbonyl (C=O) groups is 2. The number of methoxy groups -OCH3 is 1. The minimum atomic E-state index is -0.383. The van der Waals surface area contributed by atoms with E-state index in [-0.39, 0.29) is 30.9 Å². The molecule has 0 saturated carbocycles. The van der Waals surface area contributed by atoms with Gasteiger partial charge in [0.25, 0.3) is 5.91 Å². The maximum atomic E-state index is 12.9. The number of ether oxygens (including phenoxy) is 2. The average Bonchev–Trinajstić information content (AvgIpc) is 3.02. The highest BCUT2D eigenvalue weighted by atomic mass is 16.5. The lowest BCUT2D eigenvalue weighted by atomic mass is 10.0. The predicted molar refractivity (Wildman–Crippen MR) is 108 cm³/mol. The monoisotopic (exact) mass is 396 g/mol. The first-order valence-corrected chi connectivity index (χ1v) is 9.34. The van der Waals surface area contributed by atoms with Crippen molar-refractivity contribution in [2.75, 3.05) is 7.11 Å². The molecule has 1 N–H and O–H groups in total. The van der Waals surface area contributed by atoms with Crippen LogP contribution < -0.4 is 10.1 Å². The summed E-state index contributed by atoms with van der Waals surface area (Å²) in [5, 5.41) is 8.64. The molecule has 0 aliphatic carbocycles. The molecule has 1 amide bonds. The average molecular weight is 396 g/mol. The van der Waals surface area contributed by atoms with E-state index in [1.165, 1.54) is 7.11 Å². The van der Waals surface area contributed by atoms with Gasteiger partial charge in [0.15, 0.2) is 0 Å². The Labute approximate surface area is 169 Å². The minimum Gasteiger partial charge on any atom is -0.488 e. The van der Waals surface area contributed by atoms with Crippen LogP contribution in [0.25, 0.3) is 10.8 Å². The third-order valence-corrected chi connectivity index (χ3v) is 4.72. The number of esters is 1. The molecule has 1 unspecified atom stereocenters. The molecule has 0 aliphatic heterocycles. The lowest BCUT2D eigenvalue weighted by Gasteiger charge is -2.16. The number of amides is 1. The van der Waals surface area contributed by atoms with Gasteiger partial charge in [-0.3, -0.25) is 9.59 Å². The fraction of sp³-hybridized carbons (Fsp3) is 0.318. The van der Waals surface area contributed by atoms with E-state index in [1.807, 2.05) is 44.2 Å². The summed E-state index contributed by atoms with van der Waals surface area (Å²) in [7, 11) is 1.32. The Morgan fingerprint density at radius 3 is 2.48 bits per heavy atom. The normalized spacial score (nSPS) is 11.9. The number of carbonyl (C=O) groups excluding carboxylic acids is 2. The molecular formula is C22H24N2O5. The molecule has 29 heavy (non-hydrogen) atoms. The zero-order valence-electron chi connectivity index (χ0n) is 16.9. The number of benzene rings is 2. The number of nitrogens with one attached hydrogen (secondary N) is 1. The third-order valence-electron chi connectivity index (χ3n) is 4.72. The van der Waals surface area contributed by atoms with Crippen molar-refractivity contribution in [1.82, 2.24) is 10.5 Å². The summed E-state index contributed by atoms with van der Waals surface area (Å²) >= 11 is 0. The summed E-state index contributed by atoms with van der Waals surface area (Å²) in [5.74, 6) is 0.430. The van der Waals surface area contributed by atoms with Crippen LogP contribution in [0.15, 0.2) is 40.9 Å². The number of aromatic nitrogens is 1. The van der Waals surface area contributed by atoms with Gasteiger partial charge < -0.3 is 19.3 Å². The third kappa shape index (κ3) is 4.74. The van der Waals surface area contributed by atoms with Gasteiger partial charge in [0.2, 0.25) is 0 Å². The number of hydrogen-bond acceptors (Lipinski definition) is 6. The van der Waals surface area contributed by atoms with Gasteiger partial charge in [-0.15, -0.1) is 0 Å². The van der Waals surface area contributed by atoms with Crippen LogP contribution in [0.4, 0.5) is 0 Å². The van der Waals surface area contributed by atoms with E-state index in [0.717, 1.165) is 22.0 Å². The topological polar surface area (TPSA) is 90.7 Å². The van der Waals surface area contributed by atoms with Crippen LogP contribution >= 0.6 is 0 Å². The highest BCUT2D eigenvalue weighted by Crippen LogP contribution is 2.28. The molecule has 2 aromatic carbocycles. The predicted octanol–water partition coefficient (Wildman–Crippen LogP) is 3.71. The van der Waals surface area contributed by atoms with E-state index in [9.17, 15) is 9.59 Å². The van der Waals surface area contributed by atoms with Gasteiger partial charge in [0.1, 0.15) is 18.1 Å². The standard InChI is InChI=1S/C22H24N2O5/c1-13(9-21(25)27-4)23-22(26)18-10-16-7-5-6-8-17(16)11-20(18)28-12-19-14(2)24-29-15(19)3/h5-8,10-11,13H,9,12H2,1-4H3,(H,23,26). The van der Waals surface area contributed by atoms with Crippen molar-refractivity contribution in [2.45, 2.75) is 39.8 Å². The fourth-order valence-electron chi connectivity index (χ4n) is 3.06. The van der Waals surface area contributed by atoms with Crippen molar-refractivity contribution < 1.29 is 23.6 Å². The van der Waals surface area contributed by atoms with Crippen LogP contribution in [0, 0.1) is 13.8 Å². The Hall–Kier alpha value is -3.35. The highest BCUT2D eigenvalue weighted by Gasteiger charge is 2.19. The van der Waals surface area contributed by atoms with Crippen LogP contribution in [-0.2, 0) is 16.1 Å². The van der Waals surface area contributed by atoms with Crippen LogP contribution in [0.1, 0.15) is 40.7 Å². The highest BCUT2D eigenvalue weighted by molar-refractivity contribution is 6.01. The number of hydrogen-bond donors (Lipinski definition) is 1. The number of aryl methyl sites for hydroxylation is 2. The number of nitrogens with zero attached hydrogens (tertiary/aromatic N) is 1. The van der Waals surface area contributed by atoms with E-state index in [1.54, 1.807) is 13.0 Å². The summed E-state index contributed by atoms with van der Waals surface area (Å²) in [6.07, 6.45) is 0.0884. The Morgan fingerprint density at radius 1 is 1.17 bits per heavy atom. The van der Waals surface area contributed by atoms with Crippen LogP contribution in [0.3, 0.4) is 0 Å². The Balaban J connectivity index is 1.88. The van der Waals surface area contributed by atoms with Crippen LogP contribution in [0.5, 0.6) is 5.75 Å². The molecule has 0 aliphatic rings.